The topological polar surface area (TPSA) is 32.7 Å². The van der Waals surface area contributed by atoms with Gasteiger partial charge in [0.05, 0.1) is 6.61 Å². The van der Waals surface area contributed by atoms with Crippen molar-refractivity contribution in [3.8, 4) is 5.75 Å². The molecule has 112 valence electrons. The molecular formula is C17H27NO2. The first-order chi connectivity index (χ1) is 9.83. The van der Waals surface area contributed by atoms with Crippen molar-refractivity contribution in [2.24, 2.45) is 0 Å². The Hall–Kier alpha value is -1.06. The molecule has 0 spiro atoms. The van der Waals surface area contributed by atoms with Crippen molar-refractivity contribution in [3.05, 3.63) is 29.8 Å². The van der Waals surface area contributed by atoms with Gasteiger partial charge >= 0.3 is 0 Å². The molecule has 20 heavy (non-hydrogen) atoms. The Labute approximate surface area is 122 Å². The maximum atomic E-state index is 8.81. The van der Waals surface area contributed by atoms with Crippen molar-refractivity contribution in [3.63, 3.8) is 0 Å². The minimum absolute atomic E-state index is 0.0649. The lowest BCUT2D eigenvalue weighted by Crippen LogP contribution is -2.28. The van der Waals surface area contributed by atoms with Gasteiger partial charge in [0.25, 0.3) is 0 Å². The predicted molar refractivity (Wildman–Crippen MR) is 82.0 cm³/mol. The first kappa shape index (κ1) is 15.3. The smallest absolute Gasteiger partial charge is 0.119 e. The number of ether oxygens (including phenoxy) is 1. The summed E-state index contributed by atoms with van der Waals surface area (Å²) in [5.41, 5.74) is 1.31. The van der Waals surface area contributed by atoms with Gasteiger partial charge in [0.2, 0.25) is 0 Å². The van der Waals surface area contributed by atoms with Crippen molar-refractivity contribution in [1.82, 2.24) is 4.90 Å². The van der Waals surface area contributed by atoms with Crippen LogP contribution in [-0.4, -0.2) is 35.8 Å². The predicted octanol–water partition coefficient (Wildman–Crippen LogP) is 3.21. The second-order valence-electron chi connectivity index (χ2n) is 5.63. The van der Waals surface area contributed by atoms with Gasteiger partial charge in [-0.15, -0.1) is 0 Å². The first-order valence-corrected chi connectivity index (χ1v) is 7.90. The number of likely N-dealkylation sites (tertiary alicyclic amines) is 1. The summed E-state index contributed by atoms with van der Waals surface area (Å²) >= 11 is 0. The Morgan fingerprint density at radius 1 is 1.40 bits per heavy atom. The first-order valence-electron chi connectivity index (χ1n) is 7.90. The molecule has 1 fully saturated rings. The molecule has 1 aliphatic rings. The van der Waals surface area contributed by atoms with Crippen LogP contribution >= 0.6 is 0 Å². The number of rotatable bonds is 8. The molecule has 0 amide bonds. The largest absolute Gasteiger partial charge is 0.491 e. The highest BCUT2D eigenvalue weighted by Gasteiger charge is 2.23. The van der Waals surface area contributed by atoms with Gasteiger partial charge in [0.15, 0.2) is 0 Å². The zero-order valence-electron chi connectivity index (χ0n) is 12.6. The molecule has 2 rings (SSSR count). The highest BCUT2D eigenvalue weighted by Crippen LogP contribution is 2.25. The number of aliphatic hydroxyl groups is 1. The highest BCUT2D eigenvalue weighted by molar-refractivity contribution is 5.28. The van der Waals surface area contributed by atoms with Gasteiger partial charge < -0.3 is 9.84 Å². The van der Waals surface area contributed by atoms with Crippen molar-refractivity contribution >= 4 is 0 Å². The maximum absolute atomic E-state index is 8.81. The Bertz CT molecular complexity index is 394. The summed E-state index contributed by atoms with van der Waals surface area (Å²) in [4.78, 5) is 2.61. The number of unbranched alkanes of at least 4 members (excludes halogenated alkanes) is 1. The molecule has 0 aromatic heterocycles. The fraction of sp³-hybridized carbons (Fsp3) is 0.647. The average molecular weight is 277 g/mol. The molecule has 0 aliphatic carbocycles. The number of benzene rings is 1. The highest BCUT2D eigenvalue weighted by atomic mass is 16.5. The molecule has 3 heteroatoms. The fourth-order valence-corrected chi connectivity index (χ4v) is 3.00. The summed E-state index contributed by atoms with van der Waals surface area (Å²) in [6, 6.07) is 9.03. The van der Waals surface area contributed by atoms with Crippen molar-refractivity contribution < 1.29 is 9.84 Å². The Balaban J connectivity index is 1.91. The van der Waals surface area contributed by atoms with E-state index in [2.05, 4.69) is 24.0 Å². The summed E-state index contributed by atoms with van der Waals surface area (Å²) in [5, 5.41) is 8.81. The van der Waals surface area contributed by atoms with Crippen LogP contribution in [0.4, 0.5) is 0 Å². The summed E-state index contributed by atoms with van der Waals surface area (Å²) in [6.07, 6.45) is 6.63. The van der Waals surface area contributed by atoms with Gasteiger partial charge in [-0.1, -0.05) is 31.9 Å². The van der Waals surface area contributed by atoms with E-state index in [1.165, 1.54) is 44.2 Å². The molecule has 0 unspecified atom stereocenters. The molecule has 1 heterocycles. The van der Waals surface area contributed by atoms with E-state index >= 15 is 0 Å². The van der Waals surface area contributed by atoms with Gasteiger partial charge in [0.1, 0.15) is 12.4 Å². The van der Waals surface area contributed by atoms with Crippen LogP contribution in [0, 0.1) is 0 Å². The van der Waals surface area contributed by atoms with E-state index in [0.29, 0.717) is 6.61 Å². The Morgan fingerprint density at radius 2 is 2.30 bits per heavy atom. The van der Waals surface area contributed by atoms with Crippen LogP contribution in [0.1, 0.15) is 44.6 Å². The second kappa shape index (κ2) is 8.28. The molecular weight excluding hydrogens is 250 g/mol. The van der Waals surface area contributed by atoms with Crippen LogP contribution in [0.3, 0.4) is 0 Å². The standard InChI is InChI=1S/C17H27NO2/c1-2-3-7-16-8-5-10-18(16)14-15-6-4-9-17(13-15)20-12-11-19/h4,6,9,13,16,19H,2-3,5,7-8,10-12,14H2,1H3/t16-/m0/s1. The zero-order chi connectivity index (χ0) is 14.2. The van der Waals surface area contributed by atoms with Crippen LogP contribution in [0.25, 0.3) is 0 Å². The average Bonchev–Trinajstić information content (AvgIpc) is 2.90. The number of nitrogens with zero attached hydrogens (tertiary/aromatic N) is 1. The molecule has 1 N–H and O–H groups in total. The van der Waals surface area contributed by atoms with E-state index < -0.39 is 0 Å². The van der Waals surface area contributed by atoms with E-state index in [-0.39, 0.29) is 6.61 Å². The molecule has 1 saturated heterocycles. The van der Waals surface area contributed by atoms with Crippen LogP contribution in [0.2, 0.25) is 0 Å². The molecule has 1 aromatic carbocycles. The van der Waals surface area contributed by atoms with Gasteiger partial charge in [-0.2, -0.15) is 0 Å². The molecule has 1 atom stereocenters. The lowest BCUT2D eigenvalue weighted by molar-refractivity contribution is 0.200. The van der Waals surface area contributed by atoms with Crippen LogP contribution < -0.4 is 4.74 Å². The van der Waals surface area contributed by atoms with Crippen molar-refractivity contribution in [1.29, 1.82) is 0 Å². The molecule has 0 bridgehead atoms. The summed E-state index contributed by atoms with van der Waals surface area (Å²) in [5.74, 6) is 0.862. The van der Waals surface area contributed by atoms with Gasteiger partial charge in [0, 0.05) is 12.6 Å². The fourth-order valence-electron chi connectivity index (χ4n) is 3.00. The lowest BCUT2D eigenvalue weighted by Gasteiger charge is -2.24. The number of hydrogen-bond donors (Lipinski definition) is 1. The molecule has 3 nitrogen and oxygen atoms in total. The molecule has 1 aromatic rings. The number of aliphatic hydroxyl groups excluding tert-OH is 1. The molecule has 1 aliphatic heterocycles. The minimum Gasteiger partial charge on any atom is -0.491 e. The maximum Gasteiger partial charge on any atom is 0.119 e. The number of hydrogen-bond acceptors (Lipinski definition) is 3. The van der Waals surface area contributed by atoms with Gasteiger partial charge in [-0.25, -0.2) is 0 Å². The monoisotopic (exact) mass is 277 g/mol. The third-order valence-electron chi connectivity index (χ3n) is 4.03. The van der Waals surface area contributed by atoms with E-state index in [9.17, 15) is 0 Å². The Morgan fingerprint density at radius 3 is 3.10 bits per heavy atom. The van der Waals surface area contributed by atoms with Crippen LogP contribution in [0.15, 0.2) is 24.3 Å². The lowest BCUT2D eigenvalue weighted by atomic mass is 10.1. The quantitative estimate of drug-likeness (QED) is 0.792. The van der Waals surface area contributed by atoms with E-state index in [1.54, 1.807) is 0 Å². The SMILES string of the molecule is CCCC[C@H]1CCCN1Cc1cccc(OCCO)c1. The van der Waals surface area contributed by atoms with E-state index in [1.807, 2.05) is 12.1 Å². The third kappa shape index (κ3) is 4.50. The summed E-state index contributed by atoms with van der Waals surface area (Å²) in [6.45, 7) is 4.93. The molecule has 0 radical (unpaired) electrons. The summed E-state index contributed by atoms with van der Waals surface area (Å²) < 4.78 is 5.48. The minimum atomic E-state index is 0.0649. The third-order valence-corrected chi connectivity index (χ3v) is 4.03. The zero-order valence-corrected chi connectivity index (χ0v) is 12.6. The van der Waals surface area contributed by atoms with Crippen LogP contribution in [0.5, 0.6) is 5.75 Å². The van der Waals surface area contributed by atoms with Crippen LogP contribution in [-0.2, 0) is 6.54 Å². The van der Waals surface area contributed by atoms with E-state index in [0.717, 1.165) is 18.3 Å². The molecule has 0 saturated carbocycles. The van der Waals surface area contributed by atoms with Gasteiger partial charge in [-0.05, 0) is 43.5 Å². The summed E-state index contributed by atoms with van der Waals surface area (Å²) in [7, 11) is 0. The normalized spacial score (nSPS) is 19.4. The van der Waals surface area contributed by atoms with Crippen molar-refractivity contribution in [2.75, 3.05) is 19.8 Å². The van der Waals surface area contributed by atoms with E-state index in [4.69, 9.17) is 9.84 Å². The van der Waals surface area contributed by atoms with Crippen molar-refractivity contribution in [2.45, 2.75) is 51.6 Å². The second-order valence-corrected chi connectivity index (χ2v) is 5.63. The Kier molecular flexibility index (Phi) is 6.34. The van der Waals surface area contributed by atoms with Gasteiger partial charge in [-0.3, -0.25) is 4.90 Å².